The van der Waals surface area contributed by atoms with Gasteiger partial charge in [0.15, 0.2) is 0 Å². The third-order valence-electron chi connectivity index (χ3n) is 4.02. The summed E-state index contributed by atoms with van der Waals surface area (Å²) in [6.45, 7) is 0.743. The molecule has 0 N–H and O–H groups in total. The molecule has 1 saturated heterocycles. The van der Waals surface area contributed by atoms with Crippen LogP contribution in [0.2, 0.25) is 0 Å². The fourth-order valence-corrected chi connectivity index (χ4v) is 4.23. The van der Waals surface area contributed by atoms with E-state index < -0.39 is 0 Å². The van der Waals surface area contributed by atoms with E-state index in [-0.39, 0.29) is 11.4 Å². The Kier molecular flexibility index (Phi) is 4.24. The van der Waals surface area contributed by atoms with Crippen LogP contribution in [0.15, 0.2) is 24.3 Å². The normalized spacial score (nSPS) is 26.7. The molecule has 1 aromatic carbocycles. The van der Waals surface area contributed by atoms with E-state index in [0.29, 0.717) is 12.2 Å². The van der Waals surface area contributed by atoms with E-state index in [9.17, 15) is 4.79 Å². The van der Waals surface area contributed by atoms with Gasteiger partial charge in [0.1, 0.15) is 5.78 Å². The summed E-state index contributed by atoms with van der Waals surface area (Å²) in [4.78, 5) is 12.4. The zero-order valence-corrected chi connectivity index (χ0v) is 12.0. The maximum Gasteiger partial charge on any atom is 0.148 e. The second-order valence-corrected chi connectivity index (χ2v) is 6.64. The molecule has 2 aliphatic rings. The van der Waals surface area contributed by atoms with Gasteiger partial charge in [-0.2, -0.15) is 11.8 Å². The molecular weight excluding hydrogens is 256 g/mol. The predicted molar refractivity (Wildman–Crippen MR) is 78.6 cm³/mol. The molecule has 1 aromatic rings. The van der Waals surface area contributed by atoms with Crippen molar-refractivity contribution in [2.24, 2.45) is 0 Å². The van der Waals surface area contributed by atoms with Crippen LogP contribution in [0.1, 0.15) is 42.9 Å². The summed E-state index contributed by atoms with van der Waals surface area (Å²) in [5.41, 5.74) is 2.57. The summed E-state index contributed by atoms with van der Waals surface area (Å²) in [6.07, 6.45) is 5.02. The van der Waals surface area contributed by atoms with Gasteiger partial charge in [0.2, 0.25) is 0 Å². The number of thioether (sulfide) groups is 1. The van der Waals surface area contributed by atoms with Crippen molar-refractivity contribution < 1.29 is 9.53 Å². The molecule has 0 bridgehead atoms. The Hall–Kier alpha value is -0.800. The molecule has 0 amide bonds. The van der Waals surface area contributed by atoms with E-state index in [4.69, 9.17) is 4.74 Å². The molecule has 1 fully saturated rings. The molecule has 2 aliphatic heterocycles. The van der Waals surface area contributed by atoms with Gasteiger partial charge in [0, 0.05) is 6.42 Å². The van der Waals surface area contributed by atoms with Crippen LogP contribution in [0, 0.1) is 0 Å². The van der Waals surface area contributed by atoms with Crippen LogP contribution in [0.3, 0.4) is 0 Å². The average molecular weight is 276 g/mol. The SMILES string of the molecule is O=C(CC1OCCc2ccccc21)C1CCCCS1. The fourth-order valence-electron chi connectivity index (χ4n) is 2.95. The number of fused-ring (bicyclic) bond motifs is 1. The molecule has 0 aliphatic carbocycles. The smallest absolute Gasteiger partial charge is 0.148 e. The first-order valence-corrected chi connectivity index (χ1v) is 8.23. The van der Waals surface area contributed by atoms with Gasteiger partial charge in [-0.3, -0.25) is 4.79 Å². The van der Waals surface area contributed by atoms with E-state index in [1.807, 2.05) is 17.8 Å². The average Bonchev–Trinajstić information content (AvgIpc) is 2.48. The minimum Gasteiger partial charge on any atom is -0.373 e. The number of ether oxygens (including phenoxy) is 1. The number of hydrogen-bond acceptors (Lipinski definition) is 3. The summed E-state index contributed by atoms with van der Waals surface area (Å²) in [6, 6.07) is 8.38. The van der Waals surface area contributed by atoms with Crippen molar-refractivity contribution in [3.05, 3.63) is 35.4 Å². The fraction of sp³-hybridized carbons (Fsp3) is 0.562. The summed E-state index contributed by atoms with van der Waals surface area (Å²) in [7, 11) is 0. The lowest BCUT2D eigenvalue weighted by Crippen LogP contribution is -2.25. The summed E-state index contributed by atoms with van der Waals surface area (Å²) < 4.78 is 5.84. The van der Waals surface area contributed by atoms with E-state index in [0.717, 1.165) is 25.2 Å². The van der Waals surface area contributed by atoms with Gasteiger partial charge in [0.25, 0.3) is 0 Å². The van der Waals surface area contributed by atoms with Crippen molar-refractivity contribution >= 4 is 17.5 Å². The van der Waals surface area contributed by atoms with Crippen molar-refractivity contribution in [2.75, 3.05) is 12.4 Å². The lowest BCUT2D eigenvalue weighted by atomic mass is 9.93. The molecule has 2 unspecified atom stereocenters. The van der Waals surface area contributed by atoms with Crippen molar-refractivity contribution in [2.45, 2.75) is 43.5 Å². The number of benzene rings is 1. The van der Waals surface area contributed by atoms with E-state index in [2.05, 4.69) is 18.2 Å². The Balaban J connectivity index is 1.68. The van der Waals surface area contributed by atoms with Crippen LogP contribution in [0.25, 0.3) is 0 Å². The summed E-state index contributed by atoms with van der Waals surface area (Å²) in [5.74, 6) is 1.52. The molecule has 3 heteroatoms. The van der Waals surface area contributed by atoms with E-state index in [1.54, 1.807) is 0 Å². The Morgan fingerprint density at radius 3 is 3.05 bits per heavy atom. The maximum atomic E-state index is 12.4. The number of Topliss-reactive ketones (excluding diaryl/α,β-unsaturated/α-hetero) is 1. The van der Waals surface area contributed by atoms with Gasteiger partial charge >= 0.3 is 0 Å². The second-order valence-electron chi connectivity index (χ2n) is 5.33. The van der Waals surface area contributed by atoms with Crippen LogP contribution in [-0.2, 0) is 16.0 Å². The lowest BCUT2D eigenvalue weighted by molar-refractivity contribution is -0.122. The van der Waals surface area contributed by atoms with Gasteiger partial charge in [-0.05, 0) is 36.1 Å². The number of carbonyl (C=O) groups excluding carboxylic acids is 1. The molecule has 2 atom stereocenters. The Morgan fingerprint density at radius 2 is 2.21 bits per heavy atom. The lowest BCUT2D eigenvalue weighted by Gasteiger charge is -2.27. The Labute approximate surface area is 118 Å². The summed E-state index contributed by atoms with van der Waals surface area (Å²) >= 11 is 1.84. The van der Waals surface area contributed by atoms with Gasteiger partial charge < -0.3 is 4.74 Å². The van der Waals surface area contributed by atoms with Gasteiger partial charge in [0.05, 0.1) is 18.0 Å². The quantitative estimate of drug-likeness (QED) is 0.844. The minimum atomic E-state index is -0.0139. The number of rotatable bonds is 3. The molecule has 0 saturated carbocycles. The highest BCUT2D eigenvalue weighted by atomic mass is 32.2. The molecule has 19 heavy (non-hydrogen) atoms. The molecule has 2 heterocycles. The molecule has 0 aromatic heterocycles. The Bertz CT molecular complexity index is 452. The van der Waals surface area contributed by atoms with E-state index >= 15 is 0 Å². The number of ketones is 1. The van der Waals surface area contributed by atoms with Crippen LogP contribution >= 0.6 is 11.8 Å². The second kappa shape index (κ2) is 6.10. The molecular formula is C16H20O2S. The zero-order valence-electron chi connectivity index (χ0n) is 11.1. The monoisotopic (exact) mass is 276 g/mol. The first kappa shape index (κ1) is 13.2. The first-order chi connectivity index (χ1) is 9.34. The Morgan fingerprint density at radius 1 is 1.32 bits per heavy atom. The zero-order chi connectivity index (χ0) is 13.1. The van der Waals surface area contributed by atoms with Crippen LogP contribution in [-0.4, -0.2) is 23.4 Å². The third kappa shape index (κ3) is 3.03. The van der Waals surface area contributed by atoms with Crippen LogP contribution in [0.4, 0.5) is 0 Å². The van der Waals surface area contributed by atoms with Gasteiger partial charge in [-0.1, -0.05) is 30.7 Å². The van der Waals surface area contributed by atoms with Crippen molar-refractivity contribution in [3.8, 4) is 0 Å². The first-order valence-electron chi connectivity index (χ1n) is 7.18. The van der Waals surface area contributed by atoms with Crippen LogP contribution in [0.5, 0.6) is 0 Å². The topological polar surface area (TPSA) is 26.3 Å². The van der Waals surface area contributed by atoms with Gasteiger partial charge in [-0.25, -0.2) is 0 Å². The third-order valence-corrected chi connectivity index (χ3v) is 5.44. The van der Waals surface area contributed by atoms with Crippen LogP contribution < -0.4 is 0 Å². The largest absolute Gasteiger partial charge is 0.373 e. The van der Waals surface area contributed by atoms with Gasteiger partial charge in [-0.15, -0.1) is 0 Å². The van der Waals surface area contributed by atoms with Crippen molar-refractivity contribution in [1.29, 1.82) is 0 Å². The molecule has 2 nitrogen and oxygen atoms in total. The minimum absolute atomic E-state index is 0.0139. The number of carbonyl (C=O) groups is 1. The molecule has 3 rings (SSSR count). The highest BCUT2D eigenvalue weighted by Crippen LogP contribution is 2.33. The molecule has 102 valence electrons. The number of hydrogen-bond donors (Lipinski definition) is 0. The van der Waals surface area contributed by atoms with Crippen molar-refractivity contribution in [1.82, 2.24) is 0 Å². The van der Waals surface area contributed by atoms with Crippen molar-refractivity contribution in [3.63, 3.8) is 0 Å². The highest BCUT2D eigenvalue weighted by Gasteiger charge is 2.28. The van der Waals surface area contributed by atoms with E-state index in [1.165, 1.54) is 24.0 Å². The predicted octanol–water partition coefficient (Wildman–Crippen LogP) is 3.55. The molecule has 0 spiro atoms. The molecule has 0 radical (unpaired) electrons. The summed E-state index contributed by atoms with van der Waals surface area (Å²) in [5, 5.41) is 0.214. The highest BCUT2D eigenvalue weighted by molar-refractivity contribution is 8.00. The standard InChI is InChI=1S/C16H20O2S/c17-14(16-7-3-4-10-19-16)11-15-13-6-2-1-5-12(13)8-9-18-15/h1-2,5-6,15-16H,3-4,7-11H2. The maximum absolute atomic E-state index is 12.4.